The second-order valence-corrected chi connectivity index (χ2v) is 4.05. The van der Waals surface area contributed by atoms with Gasteiger partial charge in [0.05, 0.1) is 13.2 Å². The molecule has 1 amide bonds. The van der Waals surface area contributed by atoms with Crippen LogP contribution in [-0.2, 0) is 25.6 Å². The molecule has 0 radical (unpaired) electrons. The Morgan fingerprint density at radius 2 is 2.25 bits per heavy atom. The Labute approximate surface area is 117 Å². The Bertz CT molecular complexity index is 446. The minimum atomic E-state index is -0.447. The number of carbonyl (C=O) groups excluding carboxylic acids is 2. The third kappa shape index (κ3) is 5.27. The van der Waals surface area contributed by atoms with Gasteiger partial charge in [-0.25, -0.2) is 0 Å². The number of ether oxygens (including phenoxy) is 2. The highest BCUT2D eigenvalue weighted by atomic mass is 16.5. The zero-order chi connectivity index (χ0) is 15.0. The molecule has 8 heteroatoms. The Morgan fingerprint density at radius 1 is 1.50 bits per heavy atom. The van der Waals surface area contributed by atoms with Crippen molar-refractivity contribution in [3.8, 4) is 0 Å². The van der Waals surface area contributed by atoms with E-state index < -0.39 is 5.97 Å². The maximum Gasteiger partial charge on any atom is 0.325 e. The van der Waals surface area contributed by atoms with E-state index in [1.165, 1.54) is 16.7 Å². The van der Waals surface area contributed by atoms with E-state index in [2.05, 4.69) is 5.10 Å². The lowest BCUT2D eigenvalue weighted by Gasteiger charge is -2.21. The van der Waals surface area contributed by atoms with Crippen LogP contribution < -0.4 is 5.73 Å². The molecule has 1 aromatic heterocycles. The summed E-state index contributed by atoms with van der Waals surface area (Å²) in [7, 11) is 1.53. The lowest BCUT2D eigenvalue weighted by molar-refractivity contribution is -0.149. The lowest BCUT2D eigenvalue weighted by atomic mass is 10.4. The van der Waals surface area contributed by atoms with Gasteiger partial charge in [-0.2, -0.15) is 5.10 Å². The van der Waals surface area contributed by atoms with Crippen LogP contribution in [0.5, 0.6) is 0 Å². The van der Waals surface area contributed by atoms with Gasteiger partial charge in [-0.3, -0.25) is 14.3 Å². The topological polar surface area (TPSA) is 99.7 Å². The molecule has 0 aromatic carbocycles. The number of hydrogen-bond acceptors (Lipinski definition) is 6. The van der Waals surface area contributed by atoms with E-state index in [1.54, 1.807) is 19.2 Å². The van der Waals surface area contributed by atoms with Crippen LogP contribution in [-0.4, -0.2) is 60.0 Å². The first-order chi connectivity index (χ1) is 9.56. The van der Waals surface area contributed by atoms with E-state index in [0.29, 0.717) is 19.0 Å². The molecular formula is C12H20N4O4. The molecule has 0 unspecified atom stereocenters. The van der Waals surface area contributed by atoms with Gasteiger partial charge in [0.2, 0.25) is 5.91 Å². The minimum absolute atomic E-state index is 0.0142. The van der Waals surface area contributed by atoms with Crippen LogP contribution in [0.25, 0.3) is 0 Å². The van der Waals surface area contributed by atoms with Crippen LogP contribution in [0.2, 0.25) is 0 Å². The van der Waals surface area contributed by atoms with E-state index in [0.717, 1.165) is 0 Å². The highest BCUT2D eigenvalue weighted by Crippen LogP contribution is 1.99. The number of methoxy groups -OCH3 is 1. The Hall–Kier alpha value is -2.09. The average molecular weight is 284 g/mol. The van der Waals surface area contributed by atoms with Gasteiger partial charge in [0.25, 0.3) is 0 Å². The summed E-state index contributed by atoms with van der Waals surface area (Å²) < 4.78 is 11.2. The monoisotopic (exact) mass is 284 g/mol. The zero-order valence-corrected chi connectivity index (χ0v) is 11.7. The number of rotatable bonds is 8. The van der Waals surface area contributed by atoms with E-state index >= 15 is 0 Å². The summed E-state index contributed by atoms with van der Waals surface area (Å²) in [6.07, 6.45) is 1.60. The summed E-state index contributed by atoms with van der Waals surface area (Å²) in [5.41, 5.74) is 5.48. The number of nitrogen functional groups attached to an aromatic ring is 1. The third-order valence-corrected chi connectivity index (χ3v) is 2.50. The lowest BCUT2D eigenvalue weighted by Crippen LogP contribution is -2.40. The summed E-state index contributed by atoms with van der Waals surface area (Å²) in [6.45, 7) is 2.55. The summed E-state index contributed by atoms with van der Waals surface area (Å²) in [4.78, 5) is 25.0. The zero-order valence-electron chi connectivity index (χ0n) is 11.7. The molecule has 0 saturated heterocycles. The third-order valence-electron chi connectivity index (χ3n) is 2.50. The fraction of sp³-hybridized carbons (Fsp3) is 0.583. The van der Waals surface area contributed by atoms with Gasteiger partial charge in [0, 0.05) is 19.9 Å². The Kier molecular flexibility index (Phi) is 6.51. The quantitative estimate of drug-likeness (QED) is 0.646. The molecule has 1 rings (SSSR count). The van der Waals surface area contributed by atoms with Crippen LogP contribution in [0.15, 0.2) is 12.3 Å². The first-order valence-electron chi connectivity index (χ1n) is 6.28. The second kappa shape index (κ2) is 8.16. The maximum absolute atomic E-state index is 12.1. The van der Waals surface area contributed by atoms with Crippen LogP contribution in [0.3, 0.4) is 0 Å². The molecule has 1 aromatic rings. The van der Waals surface area contributed by atoms with Gasteiger partial charge < -0.3 is 20.1 Å². The number of hydrogen-bond donors (Lipinski definition) is 1. The first-order valence-corrected chi connectivity index (χ1v) is 6.28. The van der Waals surface area contributed by atoms with E-state index in [1.807, 2.05) is 0 Å². The van der Waals surface area contributed by atoms with E-state index in [4.69, 9.17) is 15.2 Å². The van der Waals surface area contributed by atoms with Crippen LogP contribution in [0.4, 0.5) is 5.82 Å². The van der Waals surface area contributed by atoms with Gasteiger partial charge in [0.15, 0.2) is 0 Å². The molecule has 0 spiro atoms. The molecule has 0 fully saturated rings. The minimum Gasteiger partial charge on any atom is -0.465 e. The normalized spacial score (nSPS) is 10.3. The highest BCUT2D eigenvalue weighted by molar-refractivity contribution is 5.81. The number of carbonyl (C=O) groups is 2. The largest absolute Gasteiger partial charge is 0.465 e. The molecule has 112 valence electrons. The summed E-state index contributed by atoms with van der Waals surface area (Å²) in [5.74, 6) is -0.359. The Balaban J connectivity index is 2.60. The van der Waals surface area contributed by atoms with E-state index in [-0.39, 0.29) is 25.6 Å². The second-order valence-electron chi connectivity index (χ2n) is 4.05. The fourth-order valence-corrected chi connectivity index (χ4v) is 1.56. The molecule has 20 heavy (non-hydrogen) atoms. The van der Waals surface area contributed by atoms with Crippen molar-refractivity contribution in [2.45, 2.75) is 13.5 Å². The molecule has 0 saturated carbocycles. The summed E-state index contributed by atoms with van der Waals surface area (Å²) in [6, 6.07) is 1.60. The smallest absolute Gasteiger partial charge is 0.325 e. The standard InChI is InChI=1S/C12H20N4O4/c1-3-20-12(18)9-15(6-7-19-2)11(17)8-16-5-4-10(13)14-16/h4-5H,3,6-9H2,1-2H3,(H2,13,14). The molecule has 0 atom stereocenters. The van der Waals surface area contributed by atoms with Gasteiger partial charge in [-0.05, 0) is 13.0 Å². The molecule has 0 aliphatic carbocycles. The Morgan fingerprint density at radius 3 is 2.80 bits per heavy atom. The average Bonchev–Trinajstić information content (AvgIpc) is 2.80. The first kappa shape index (κ1) is 16.0. The van der Waals surface area contributed by atoms with Crippen molar-refractivity contribution in [3.63, 3.8) is 0 Å². The number of anilines is 1. The SMILES string of the molecule is CCOC(=O)CN(CCOC)C(=O)Cn1ccc(N)n1. The van der Waals surface area contributed by atoms with Gasteiger partial charge >= 0.3 is 5.97 Å². The predicted octanol–water partition coefficient (Wildman–Crippen LogP) is -0.497. The highest BCUT2D eigenvalue weighted by Gasteiger charge is 2.18. The van der Waals surface area contributed by atoms with Crippen molar-refractivity contribution in [2.24, 2.45) is 0 Å². The molecule has 0 aliphatic rings. The number of aromatic nitrogens is 2. The van der Waals surface area contributed by atoms with Crippen LogP contribution in [0, 0.1) is 0 Å². The molecule has 8 nitrogen and oxygen atoms in total. The van der Waals surface area contributed by atoms with Gasteiger partial charge in [-0.1, -0.05) is 0 Å². The number of amides is 1. The van der Waals surface area contributed by atoms with Crippen LogP contribution >= 0.6 is 0 Å². The van der Waals surface area contributed by atoms with Crippen molar-refractivity contribution in [1.29, 1.82) is 0 Å². The number of esters is 1. The van der Waals surface area contributed by atoms with Crippen molar-refractivity contribution >= 4 is 17.7 Å². The molecule has 2 N–H and O–H groups in total. The van der Waals surface area contributed by atoms with Crippen molar-refractivity contribution in [2.75, 3.05) is 39.1 Å². The number of nitrogens with zero attached hydrogens (tertiary/aromatic N) is 3. The summed E-state index contributed by atoms with van der Waals surface area (Å²) >= 11 is 0. The van der Waals surface area contributed by atoms with Gasteiger partial charge in [-0.15, -0.1) is 0 Å². The van der Waals surface area contributed by atoms with E-state index in [9.17, 15) is 9.59 Å². The van der Waals surface area contributed by atoms with Crippen molar-refractivity contribution in [1.82, 2.24) is 14.7 Å². The van der Waals surface area contributed by atoms with Crippen LogP contribution in [0.1, 0.15) is 6.92 Å². The molecule has 0 aliphatic heterocycles. The fourth-order valence-electron chi connectivity index (χ4n) is 1.56. The molecule has 0 bridgehead atoms. The van der Waals surface area contributed by atoms with Gasteiger partial charge in [0.1, 0.15) is 18.9 Å². The molecular weight excluding hydrogens is 264 g/mol. The maximum atomic E-state index is 12.1. The van der Waals surface area contributed by atoms with Crippen molar-refractivity contribution in [3.05, 3.63) is 12.3 Å². The predicted molar refractivity (Wildman–Crippen MR) is 71.7 cm³/mol. The number of nitrogens with two attached hydrogens (primary N) is 1. The summed E-state index contributed by atoms with van der Waals surface area (Å²) in [5, 5.41) is 3.93. The van der Waals surface area contributed by atoms with Crippen molar-refractivity contribution < 1.29 is 19.1 Å². The molecule has 1 heterocycles.